The van der Waals surface area contributed by atoms with Gasteiger partial charge in [0.25, 0.3) is 0 Å². The summed E-state index contributed by atoms with van der Waals surface area (Å²) in [5, 5.41) is 0. The molecular formula is C11H12N2. The van der Waals surface area contributed by atoms with Crippen LogP contribution in [0.5, 0.6) is 0 Å². The fourth-order valence-corrected chi connectivity index (χ4v) is 1.49. The van der Waals surface area contributed by atoms with Crippen molar-refractivity contribution in [1.82, 2.24) is 0 Å². The van der Waals surface area contributed by atoms with Crippen molar-refractivity contribution in [3.05, 3.63) is 36.1 Å². The molecule has 0 N–H and O–H groups in total. The maximum absolute atomic E-state index is 4.30. The van der Waals surface area contributed by atoms with Gasteiger partial charge in [-0.3, -0.25) is 0 Å². The highest BCUT2D eigenvalue weighted by molar-refractivity contribution is 6.06. The first kappa shape index (κ1) is 8.17. The van der Waals surface area contributed by atoms with E-state index in [2.05, 4.69) is 29.9 Å². The molecule has 0 radical (unpaired) electrons. The lowest BCUT2D eigenvalue weighted by molar-refractivity contribution is 0.648. The first-order valence-corrected chi connectivity index (χ1v) is 4.36. The summed E-state index contributed by atoms with van der Waals surface area (Å²) in [5.74, 6) is 0. The Balaban J connectivity index is 2.63. The molecule has 0 spiro atoms. The molecule has 1 aliphatic carbocycles. The third-order valence-electron chi connectivity index (χ3n) is 2.48. The van der Waals surface area contributed by atoms with Crippen LogP contribution in [0.25, 0.3) is 0 Å². The largest absolute Gasteiger partial charge is 0.245 e. The van der Waals surface area contributed by atoms with E-state index in [1.807, 2.05) is 24.4 Å². The quantitative estimate of drug-likeness (QED) is 0.536. The van der Waals surface area contributed by atoms with E-state index >= 15 is 0 Å². The summed E-state index contributed by atoms with van der Waals surface area (Å²) < 4.78 is 0. The van der Waals surface area contributed by atoms with Crippen molar-refractivity contribution in [2.45, 2.75) is 13.8 Å². The number of fused-ring (bicyclic) bond motifs is 2. The molecule has 0 aromatic heterocycles. The number of aliphatic imine (C=N–C) groups is 2. The molecule has 13 heavy (non-hydrogen) atoms. The Morgan fingerprint density at radius 1 is 1.15 bits per heavy atom. The molecule has 0 saturated heterocycles. The molecule has 2 heteroatoms. The van der Waals surface area contributed by atoms with E-state index in [1.54, 1.807) is 6.34 Å². The summed E-state index contributed by atoms with van der Waals surface area (Å²) >= 11 is 0. The van der Waals surface area contributed by atoms with Crippen LogP contribution in [0.1, 0.15) is 13.8 Å². The van der Waals surface area contributed by atoms with Gasteiger partial charge in [0.05, 0.1) is 5.71 Å². The highest BCUT2D eigenvalue weighted by Gasteiger charge is 2.28. The molecule has 0 saturated carbocycles. The van der Waals surface area contributed by atoms with Crippen LogP contribution in [-0.4, -0.2) is 12.1 Å². The van der Waals surface area contributed by atoms with Crippen LogP contribution in [-0.2, 0) is 0 Å². The van der Waals surface area contributed by atoms with Gasteiger partial charge in [0.2, 0.25) is 0 Å². The molecule has 1 heterocycles. The zero-order valence-electron chi connectivity index (χ0n) is 7.86. The van der Waals surface area contributed by atoms with E-state index in [9.17, 15) is 0 Å². The van der Waals surface area contributed by atoms with Crippen molar-refractivity contribution in [1.29, 1.82) is 0 Å². The van der Waals surface area contributed by atoms with E-state index < -0.39 is 0 Å². The summed E-state index contributed by atoms with van der Waals surface area (Å²) in [7, 11) is 0. The normalized spacial score (nSPS) is 23.2. The third-order valence-corrected chi connectivity index (χ3v) is 2.48. The molecule has 2 bridgehead atoms. The smallest absolute Gasteiger partial charge is 0.115 e. The predicted octanol–water partition coefficient (Wildman–Crippen LogP) is 2.51. The average Bonchev–Trinajstić information content (AvgIpc) is 2.32. The van der Waals surface area contributed by atoms with Crippen molar-refractivity contribution in [2.24, 2.45) is 15.4 Å². The van der Waals surface area contributed by atoms with Crippen molar-refractivity contribution >= 4 is 12.1 Å². The Bertz CT molecular complexity index is 332. The van der Waals surface area contributed by atoms with Gasteiger partial charge in [0.1, 0.15) is 6.34 Å². The van der Waals surface area contributed by atoms with Gasteiger partial charge < -0.3 is 0 Å². The fourth-order valence-electron chi connectivity index (χ4n) is 1.49. The lowest BCUT2D eigenvalue weighted by Crippen LogP contribution is -2.23. The minimum Gasteiger partial charge on any atom is -0.245 e. The first-order chi connectivity index (χ1) is 6.21. The van der Waals surface area contributed by atoms with Crippen LogP contribution in [0.2, 0.25) is 0 Å². The Hall–Kier alpha value is -1.44. The summed E-state index contributed by atoms with van der Waals surface area (Å²) in [6.45, 7) is 4.32. The molecule has 2 nitrogen and oxygen atoms in total. The summed E-state index contributed by atoms with van der Waals surface area (Å²) in [6, 6.07) is 0. The van der Waals surface area contributed by atoms with E-state index in [1.165, 1.54) is 5.57 Å². The van der Waals surface area contributed by atoms with Crippen LogP contribution in [0.4, 0.5) is 0 Å². The molecular weight excluding hydrogens is 160 g/mol. The lowest BCUT2D eigenvalue weighted by Gasteiger charge is -2.23. The molecule has 0 atom stereocenters. The van der Waals surface area contributed by atoms with Crippen LogP contribution in [0.3, 0.4) is 0 Å². The molecule has 0 aromatic rings. The number of allylic oxidation sites excluding steroid dienone is 5. The summed E-state index contributed by atoms with van der Waals surface area (Å²) in [4.78, 5) is 8.39. The van der Waals surface area contributed by atoms with Gasteiger partial charge >= 0.3 is 0 Å². The zero-order chi connectivity index (χ0) is 9.31. The van der Waals surface area contributed by atoms with Crippen molar-refractivity contribution in [3.63, 3.8) is 0 Å². The minimum atomic E-state index is -0.0278. The van der Waals surface area contributed by atoms with Gasteiger partial charge in [-0.2, -0.15) is 0 Å². The molecule has 1 aliphatic heterocycles. The lowest BCUT2D eigenvalue weighted by atomic mass is 9.80. The van der Waals surface area contributed by atoms with Gasteiger partial charge in [0.15, 0.2) is 0 Å². The first-order valence-electron chi connectivity index (χ1n) is 4.36. The zero-order valence-corrected chi connectivity index (χ0v) is 7.86. The SMILES string of the molecule is CC1(C)C2=CN=CN=C1C=CC=C2. The monoisotopic (exact) mass is 172 g/mol. The van der Waals surface area contributed by atoms with Gasteiger partial charge in [-0.15, -0.1) is 0 Å². The highest BCUT2D eigenvalue weighted by Crippen LogP contribution is 2.32. The Labute approximate surface area is 78.1 Å². The summed E-state index contributed by atoms with van der Waals surface area (Å²) in [5.41, 5.74) is 2.23. The van der Waals surface area contributed by atoms with E-state index in [4.69, 9.17) is 0 Å². The highest BCUT2D eigenvalue weighted by atomic mass is 14.9. The van der Waals surface area contributed by atoms with Gasteiger partial charge in [0, 0.05) is 11.6 Å². The predicted molar refractivity (Wildman–Crippen MR) is 56.1 cm³/mol. The van der Waals surface area contributed by atoms with Crippen LogP contribution in [0, 0.1) is 5.41 Å². The maximum Gasteiger partial charge on any atom is 0.115 e. The van der Waals surface area contributed by atoms with Crippen molar-refractivity contribution in [3.8, 4) is 0 Å². The van der Waals surface area contributed by atoms with E-state index in [-0.39, 0.29) is 5.41 Å². The Morgan fingerprint density at radius 3 is 2.77 bits per heavy atom. The number of nitrogens with zero attached hydrogens (tertiary/aromatic N) is 2. The number of hydrogen-bond donors (Lipinski definition) is 0. The van der Waals surface area contributed by atoms with E-state index in [0.29, 0.717) is 0 Å². The standard InChI is InChI=1S/C11H12N2/c1-11(2)9-5-3-4-6-10(11)13-8-12-7-9/h3-8H,1-2H3. The average molecular weight is 172 g/mol. The van der Waals surface area contributed by atoms with Crippen LogP contribution in [0.15, 0.2) is 46.1 Å². The van der Waals surface area contributed by atoms with Crippen LogP contribution >= 0.6 is 0 Å². The van der Waals surface area contributed by atoms with Crippen LogP contribution < -0.4 is 0 Å². The topological polar surface area (TPSA) is 24.7 Å². The molecule has 0 aromatic carbocycles. The van der Waals surface area contributed by atoms with Gasteiger partial charge in [-0.05, 0) is 11.6 Å². The molecule has 2 rings (SSSR count). The Morgan fingerprint density at radius 2 is 1.92 bits per heavy atom. The maximum atomic E-state index is 4.30. The second-order valence-electron chi connectivity index (χ2n) is 3.71. The van der Waals surface area contributed by atoms with E-state index in [0.717, 1.165) is 5.71 Å². The second-order valence-corrected chi connectivity index (χ2v) is 3.71. The fraction of sp³-hybridized carbons (Fsp3) is 0.273. The molecule has 2 aliphatic rings. The minimum absolute atomic E-state index is 0.0278. The van der Waals surface area contributed by atoms with Gasteiger partial charge in [-0.25, -0.2) is 9.98 Å². The number of rotatable bonds is 0. The molecule has 66 valence electrons. The van der Waals surface area contributed by atoms with Crippen molar-refractivity contribution in [2.75, 3.05) is 0 Å². The Kier molecular flexibility index (Phi) is 1.76. The summed E-state index contributed by atoms with van der Waals surface area (Å²) in [6.07, 6.45) is 11.6. The molecule has 0 unspecified atom stereocenters. The second kappa shape index (κ2) is 2.80. The number of hydrogen-bond acceptors (Lipinski definition) is 2. The molecule has 0 fully saturated rings. The third kappa shape index (κ3) is 1.28. The molecule has 0 amide bonds. The van der Waals surface area contributed by atoms with Crippen molar-refractivity contribution < 1.29 is 0 Å². The van der Waals surface area contributed by atoms with Gasteiger partial charge in [-0.1, -0.05) is 32.1 Å².